The lowest BCUT2D eigenvalue weighted by molar-refractivity contribution is -0.135. The van der Waals surface area contributed by atoms with Crippen LogP contribution in [0.5, 0.6) is 0 Å². The first-order chi connectivity index (χ1) is 16.4. The Morgan fingerprint density at radius 1 is 1.15 bits per heavy atom. The molecule has 8 nitrogen and oxygen atoms in total. The number of nitrogens with zero attached hydrogens (tertiary/aromatic N) is 3. The molecule has 1 aliphatic heterocycles. The van der Waals surface area contributed by atoms with E-state index in [9.17, 15) is 9.59 Å². The molecule has 3 aromatic rings. The van der Waals surface area contributed by atoms with Crippen LogP contribution < -0.4 is 10.2 Å². The van der Waals surface area contributed by atoms with Crippen molar-refractivity contribution in [1.82, 2.24) is 20.2 Å². The molecular weight excluding hydrogens is 498 g/mol. The Bertz CT molecular complexity index is 1130. The number of benzene rings is 2. The van der Waals surface area contributed by atoms with Gasteiger partial charge in [-0.05, 0) is 30.2 Å². The molecule has 2 amide bonds. The number of ether oxygens (including phenoxy) is 1. The Hall–Kier alpha value is -3.33. The van der Waals surface area contributed by atoms with E-state index in [2.05, 4.69) is 31.1 Å². The van der Waals surface area contributed by atoms with Gasteiger partial charge in [0, 0.05) is 28.5 Å². The largest absolute Gasteiger partial charge is 0.453 e. The van der Waals surface area contributed by atoms with Crippen molar-refractivity contribution in [2.45, 2.75) is 25.9 Å². The van der Waals surface area contributed by atoms with E-state index in [-0.39, 0.29) is 17.9 Å². The zero-order chi connectivity index (χ0) is 24.2. The van der Waals surface area contributed by atoms with Gasteiger partial charge in [-0.3, -0.25) is 4.79 Å². The number of halogens is 1. The second-order valence-corrected chi connectivity index (χ2v) is 9.47. The predicted octanol–water partition coefficient (Wildman–Crippen LogP) is 4.57. The zero-order valence-electron chi connectivity index (χ0n) is 19.4. The van der Waals surface area contributed by atoms with Crippen LogP contribution in [-0.2, 0) is 9.53 Å². The number of para-hydroxylation sites is 1. The highest BCUT2D eigenvalue weighted by Gasteiger charge is 2.40. The number of amides is 2. The van der Waals surface area contributed by atoms with E-state index >= 15 is 0 Å². The fourth-order valence-electron chi connectivity index (χ4n) is 4.08. The van der Waals surface area contributed by atoms with Crippen LogP contribution in [0.3, 0.4) is 0 Å². The molecule has 0 unspecified atom stereocenters. The number of methoxy groups -OCH3 is 1. The second kappa shape index (κ2) is 10.3. The monoisotopic (exact) mass is 525 g/mol. The Kier molecular flexibility index (Phi) is 7.21. The van der Waals surface area contributed by atoms with Gasteiger partial charge in [-0.2, -0.15) is 0 Å². The third kappa shape index (κ3) is 5.09. The summed E-state index contributed by atoms with van der Waals surface area (Å²) in [6, 6.07) is 16.9. The van der Waals surface area contributed by atoms with Gasteiger partial charge in [0.1, 0.15) is 17.9 Å². The van der Waals surface area contributed by atoms with Crippen molar-refractivity contribution >= 4 is 33.6 Å². The van der Waals surface area contributed by atoms with Crippen LogP contribution in [0.1, 0.15) is 25.7 Å². The first kappa shape index (κ1) is 23.8. The summed E-state index contributed by atoms with van der Waals surface area (Å²) in [5.74, 6) is 0.406. The minimum absolute atomic E-state index is 0.118. The highest BCUT2D eigenvalue weighted by Crippen LogP contribution is 2.32. The highest BCUT2D eigenvalue weighted by atomic mass is 79.9. The van der Waals surface area contributed by atoms with E-state index in [1.165, 1.54) is 7.11 Å². The summed E-state index contributed by atoms with van der Waals surface area (Å²) in [4.78, 5) is 37.7. The molecule has 2 aromatic carbocycles. The minimum atomic E-state index is -0.716. The van der Waals surface area contributed by atoms with Crippen molar-refractivity contribution in [3.63, 3.8) is 0 Å². The summed E-state index contributed by atoms with van der Waals surface area (Å²) in [7, 11) is 1.29. The van der Waals surface area contributed by atoms with Crippen molar-refractivity contribution in [1.29, 1.82) is 0 Å². The van der Waals surface area contributed by atoms with Crippen LogP contribution in [0.4, 0.5) is 10.5 Å². The molecule has 2 atom stereocenters. The number of nitrogens with one attached hydrogen (secondary N) is 2. The Labute approximate surface area is 207 Å². The average Bonchev–Trinajstić information content (AvgIpc) is 3.50. The number of rotatable bonds is 6. The van der Waals surface area contributed by atoms with Crippen molar-refractivity contribution in [2.24, 2.45) is 5.92 Å². The summed E-state index contributed by atoms with van der Waals surface area (Å²) >= 11 is 3.46. The maximum absolute atomic E-state index is 13.7. The zero-order valence-corrected chi connectivity index (χ0v) is 21.0. The average molecular weight is 526 g/mol. The molecule has 34 heavy (non-hydrogen) atoms. The van der Waals surface area contributed by atoms with Gasteiger partial charge in [0.2, 0.25) is 5.91 Å². The molecule has 1 aromatic heterocycles. The quantitative estimate of drug-likeness (QED) is 0.492. The number of imidazole rings is 1. The van der Waals surface area contributed by atoms with Crippen LogP contribution in [0.25, 0.3) is 11.3 Å². The molecule has 1 saturated heterocycles. The predicted molar refractivity (Wildman–Crippen MR) is 134 cm³/mol. The molecular formula is C25H28BrN5O3. The highest BCUT2D eigenvalue weighted by molar-refractivity contribution is 9.10. The fourth-order valence-corrected chi connectivity index (χ4v) is 4.35. The smallest absolute Gasteiger partial charge is 0.407 e. The molecule has 9 heteroatoms. The first-order valence-electron chi connectivity index (χ1n) is 11.1. The fraction of sp³-hybridized carbons (Fsp3) is 0.320. The number of aromatic nitrogens is 2. The van der Waals surface area contributed by atoms with Gasteiger partial charge in [-0.25, -0.2) is 9.78 Å². The van der Waals surface area contributed by atoms with Crippen LogP contribution in [0.15, 0.2) is 65.3 Å². The maximum Gasteiger partial charge on any atom is 0.407 e. The molecule has 2 N–H and O–H groups in total. The van der Waals surface area contributed by atoms with Gasteiger partial charge in [0.15, 0.2) is 0 Å². The van der Waals surface area contributed by atoms with Crippen LogP contribution in [-0.4, -0.2) is 53.2 Å². The molecule has 0 spiro atoms. The van der Waals surface area contributed by atoms with Crippen molar-refractivity contribution in [3.05, 3.63) is 71.1 Å². The van der Waals surface area contributed by atoms with E-state index < -0.39 is 12.1 Å². The third-order valence-corrected chi connectivity index (χ3v) is 6.47. The summed E-state index contributed by atoms with van der Waals surface area (Å²) < 4.78 is 5.75. The van der Waals surface area contributed by atoms with Gasteiger partial charge >= 0.3 is 6.09 Å². The van der Waals surface area contributed by atoms with Crippen molar-refractivity contribution in [2.75, 3.05) is 25.2 Å². The summed E-state index contributed by atoms with van der Waals surface area (Å²) in [5, 5.41) is 2.70. The van der Waals surface area contributed by atoms with Gasteiger partial charge in [-0.15, -0.1) is 0 Å². The number of hydrogen-bond acceptors (Lipinski definition) is 5. The molecule has 1 fully saturated rings. The summed E-state index contributed by atoms with van der Waals surface area (Å²) in [6.45, 7) is 4.76. The summed E-state index contributed by atoms with van der Waals surface area (Å²) in [5.41, 5.74) is 2.81. The van der Waals surface area contributed by atoms with Crippen molar-refractivity contribution in [3.8, 4) is 11.3 Å². The molecule has 0 aliphatic carbocycles. The standard InChI is InChI=1S/C25H28BrN5O3/c1-16(2)22(29-25(33)34-3)24(32)31-15-30(19-7-5-4-6-8-19)14-21(31)23-27-13-20(28-23)17-9-11-18(26)12-10-17/h4-13,16,21-22H,14-15H2,1-3H3,(H,27,28)(H,29,33)/t21-,22-/m0/s1. The molecule has 1 aliphatic rings. The summed E-state index contributed by atoms with van der Waals surface area (Å²) in [6.07, 6.45) is 1.23. The van der Waals surface area contributed by atoms with Crippen LogP contribution in [0.2, 0.25) is 0 Å². The first-order valence-corrected chi connectivity index (χ1v) is 11.9. The van der Waals surface area contributed by atoms with Crippen LogP contribution >= 0.6 is 15.9 Å². The Morgan fingerprint density at radius 2 is 1.85 bits per heavy atom. The molecule has 0 saturated carbocycles. The van der Waals surface area contributed by atoms with Crippen LogP contribution in [0, 0.1) is 5.92 Å². The van der Waals surface area contributed by atoms with E-state index in [0.29, 0.717) is 19.0 Å². The number of anilines is 1. The number of aromatic amines is 1. The molecule has 4 rings (SSSR count). The number of alkyl carbamates (subject to hydrolysis) is 1. The second-order valence-electron chi connectivity index (χ2n) is 8.56. The Morgan fingerprint density at radius 3 is 2.50 bits per heavy atom. The number of carbonyl (C=O) groups excluding carboxylic acids is 2. The Balaban J connectivity index is 1.65. The minimum Gasteiger partial charge on any atom is -0.453 e. The molecule has 0 radical (unpaired) electrons. The van der Waals surface area contributed by atoms with Gasteiger partial charge in [0.05, 0.1) is 19.5 Å². The van der Waals surface area contributed by atoms with Gasteiger partial charge in [-0.1, -0.05) is 60.1 Å². The molecule has 178 valence electrons. The van der Waals surface area contributed by atoms with Gasteiger partial charge in [0.25, 0.3) is 0 Å². The van der Waals surface area contributed by atoms with E-state index in [0.717, 1.165) is 21.4 Å². The maximum atomic E-state index is 13.7. The number of carbonyl (C=O) groups is 2. The topological polar surface area (TPSA) is 90.6 Å². The lowest BCUT2D eigenvalue weighted by Gasteiger charge is -2.29. The SMILES string of the molecule is COC(=O)N[C@H](C(=O)N1CN(c2ccccc2)C[C@H]1c1nc(-c2ccc(Br)cc2)c[nH]1)C(C)C. The van der Waals surface area contributed by atoms with Gasteiger partial charge < -0.3 is 24.8 Å². The van der Waals surface area contributed by atoms with Crippen molar-refractivity contribution < 1.29 is 14.3 Å². The molecule has 0 bridgehead atoms. The lowest BCUT2D eigenvalue weighted by atomic mass is 10.0. The third-order valence-electron chi connectivity index (χ3n) is 5.94. The number of H-pyrrole nitrogens is 1. The van der Waals surface area contributed by atoms with E-state index in [4.69, 9.17) is 9.72 Å². The van der Waals surface area contributed by atoms with E-state index in [1.807, 2.05) is 74.6 Å². The number of hydrogen-bond donors (Lipinski definition) is 2. The normalized spacial score (nSPS) is 16.6. The van der Waals surface area contributed by atoms with E-state index in [1.54, 1.807) is 4.90 Å². The molecule has 2 heterocycles. The lowest BCUT2D eigenvalue weighted by Crippen LogP contribution is -2.51.